The molecule has 0 unspecified atom stereocenters. The maximum atomic E-state index is 13.6. The van der Waals surface area contributed by atoms with E-state index in [4.69, 9.17) is 9.57 Å². The zero-order valence-electron chi connectivity index (χ0n) is 16.9. The lowest BCUT2D eigenvalue weighted by Gasteiger charge is -2.09. The summed E-state index contributed by atoms with van der Waals surface area (Å²) in [5.74, 6) is -0.173. The first-order valence-corrected chi connectivity index (χ1v) is 10.9. The first kappa shape index (κ1) is 20.8. The van der Waals surface area contributed by atoms with E-state index in [1.807, 2.05) is 24.3 Å². The highest BCUT2D eigenvalue weighted by Crippen LogP contribution is 2.21. The lowest BCUT2D eigenvalue weighted by Crippen LogP contribution is -2.09. The summed E-state index contributed by atoms with van der Waals surface area (Å²) in [7, 11) is 0. The molecule has 4 aromatic rings. The lowest BCUT2D eigenvalue weighted by atomic mass is 10.0. The van der Waals surface area contributed by atoms with Crippen LogP contribution in [0.15, 0.2) is 102 Å². The Labute approximate surface area is 185 Å². The number of benzene rings is 3. The molecule has 0 aliphatic carbocycles. The molecule has 3 nitrogen and oxygen atoms in total. The molecular weight excluding hydrogens is 409 g/mol. The molecule has 1 heterocycles. The van der Waals surface area contributed by atoms with Gasteiger partial charge in [0.25, 0.3) is 0 Å². The molecule has 0 radical (unpaired) electrons. The average molecular weight is 432 g/mol. The van der Waals surface area contributed by atoms with E-state index in [-0.39, 0.29) is 24.8 Å². The van der Waals surface area contributed by atoms with Crippen molar-refractivity contribution >= 4 is 17.0 Å². The fourth-order valence-corrected chi connectivity index (χ4v) is 3.83. The Kier molecular flexibility index (Phi) is 7.08. The van der Waals surface area contributed by atoms with Gasteiger partial charge in [-0.2, -0.15) is 0 Å². The van der Waals surface area contributed by atoms with Crippen LogP contribution in [0, 0.1) is 5.82 Å². The number of ether oxygens (including phenoxy) is 1. The van der Waals surface area contributed by atoms with E-state index in [2.05, 4.69) is 53.0 Å². The highest BCUT2D eigenvalue weighted by molar-refractivity contribution is 7.10. The van der Waals surface area contributed by atoms with Crippen molar-refractivity contribution in [3.8, 4) is 16.9 Å². The number of nitrogens with zero attached hydrogens (tertiary/aromatic N) is 1. The third-order valence-electron chi connectivity index (χ3n) is 4.69. The molecule has 0 spiro atoms. The molecule has 0 bridgehead atoms. The van der Waals surface area contributed by atoms with Gasteiger partial charge in [-0.3, -0.25) is 0 Å². The molecule has 0 saturated heterocycles. The monoisotopic (exact) mass is 431 g/mol. The molecule has 156 valence electrons. The van der Waals surface area contributed by atoms with Crippen LogP contribution in [0.4, 0.5) is 4.39 Å². The van der Waals surface area contributed by atoms with Gasteiger partial charge in [-0.05, 0) is 40.3 Å². The predicted molar refractivity (Wildman–Crippen MR) is 124 cm³/mol. The van der Waals surface area contributed by atoms with Crippen LogP contribution in [-0.4, -0.2) is 18.9 Å². The van der Waals surface area contributed by atoms with Crippen molar-refractivity contribution in [2.45, 2.75) is 6.42 Å². The van der Waals surface area contributed by atoms with E-state index in [1.165, 1.54) is 16.5 Å². The largest absolute Gasteiger partial charge is 0.487 e. The van der Waals surface area contributed by atoms with Crippen LogP contribution in [-0.2, 0) is 11.3 Å². The van der Waals surface area contributed by atoms with Gasteiger partial charge in [-0.15, -0.1) is 11.3 Å². The van der Waals surface area contributed by atoms with Gasteiger partial charge >= 0.3 is 0 Å². The third-order valence-corrected chi connectivity index (χ3v) is 5.57. The lowest BCUT2D eigenvalue weighted by molar-refractivity contribution is 0.105. The summed E-state index contributed by atoms with van der Waals surface area (Å²) in [6, 6.07) is 29.0. The Morgan fingerprint density at radius 1 is 0.774 bits per heavy atom. The minimum Gasteiger partial charge on any atom is -0.487 e. The minimum absolute atomic E-state index is 0.212. The maximum Gasteiger partial charge on any atom is 0.165 e. The number of hydrogen-bond acceptors (Lipinski definition) is 4. The predicted octanol–water partition coefficient (Wildman–Crippen LogP) is 6.60. The number of halogens is 1. The molecular formula is C26H22FNO2S. The van der Waals surface area contributed by atoms with Crippen LogP contribution in [0.25, 0.3) is 11.1 Å². The topological polar surface area (TPSA) is 30.8 Å². The van der Waals surface area contributed by atoms with E-state index in [1.54, 1.807) is 29.5 Å². The molecule has 0 aliphatic heterocycles. The average Bonchev–Trinajstić information content (AvgIpc) is 3.33. The van der Waals surface area contributed by atoms with Crippen molar-refractivity contribution in [1.82, 2.24) is 0 Å². The van der Waals surface area contributed by atoms with Crippen molar-refractivity contribution in [1.29, 1.82) is 0 Å². The maximum absolute atomic E-state index is 13.6. The van der Waals surface area contributed by atoms with Crippen LogP contribution in [0.3, 0.4) is 0 Å². The molecule has 31 heavy (non-hydrogen) atoms. The first-order chi connectivity index (χ1) is 15.3. The van der Waals surface area contributed by atoms with Crippen LogP contribution in [0.2, 0.25) is 0 Å². The summed E-state index contributed by atoms with van der Waals surface area (Å²) < 4.78 is 19.1. The van der Waals surface area contributed by atoms with Crippen LogP contribution in [0.5, 0.6) is 5.75 Å². The van der Waals surface area contributed by atoms with E-state index < -0.39 is 0 Å². The second kappa shape index (κ2) is 10.5. The number of thiophene rings is 1. The fourth-order valence-electron chi connectivity index (χ4n) is 3.13. The third kappa shape index (κ3) is 5.80. The second-order valence-corrected chi connectivity index (χ2v) is 7.88. The van der Waals surface area contributed by atoms with Gasteiger partial charge in [0.1, 0.15) is 6.61 Å². The summed E-state index contributed by atoms with van der Waals surface area (Å²) in [5, 5.41) is 6.42. The molecule has 0 amide bonds. The van der Waals surface area contributed by atoms with Gasteiger partial charge in [0.2, 0.25) is 0 Å². The minimum atomic E-state index is -0.386. The number of hydrogen-bond donors (Lipinski definition) is 0. The van der Waals surface area contributed by atoms with Gasteiger partial charge in [0.15, 0.2) is 18.2 Å². The normalized spacial score (nSPS) is 11.3. The fraction of sp³-hybridized carbons (Fsp3) is 0.115. The zero-order valence-corrected chi connectivity index (χ0v) is 17.7. The van der Waals surface area contributed by atoms with E-state index in [9.17, 15) is 4.39 Å². The van der Waals surface area contributed by atoms with Crippen molar-refractivity contribution < 1.29 is 14.0 Å². The smallest absolute Gasteiger partial charge is 0.165 e. The Morgan fingerprint density at radius 2 is 1.52 bits per heavy atom. The molecule has 0 atom stereocenters. The zero-order chi connectivity index (χ0) is 21.3. The molecule has 1 aromatic heterocycles. The Bertz CT molecular complexity index is 1110. The molecule has 0 fully saturated rings. The first-order valence-electron chi connectivity index (χ1n) is 10.0. The summed E-state index contributed by atoms with van der Waals surface area (Å²) in [6.07, 6.45) is 0.677. The number of rotatable bonds is 9. The molecule has 0 N–H and O–H groups in total. The van der Waals surface area contributed by atoms with E-state index in [0.717, 1.165) is 16.8 Å². The summed E-state index contributed by atoms with van der Waals surface area (Å²) in [5.41, 5.74) is 4.17. The van der Waals surface area contributed by atoms with Crippen LogP contribution in [0.1, 0.15) is 10.4 Å². The molecule has 0 saturated carbocycles. The Morgan fingerprint density at radius 3 is 2.26 bits per heavy atom. The van der Waals surface area contributed by atoms with Crippen molar-refractivity contribution in [3.05, 3.63) is 113 Å². The van der Waals surface area contributed by atoms with Crippen molar-refractivity contribution in [2.24, 2.45) is 5.16 Å². The van der Waals surface area contributed by atoms with Crippen LogP contribution < -0.4 is 4.74 Å². The number of para-hydroxylation sites is 1. The second-order valence-electron chi connectivity index (χ2n) is 6.85. The molecule has 4 rings (SSSR count). The van der Waals surface area contributed by atoms with Crippen molar-refractivity contribution in [2.75, 3.05) is 13.2 Å². The summed E-state index contributed by atoms with van der Waals surface area (Å²) >= 11 is 1.69. The van der Waals surface area contributed by atoms with Gasteiger partial charge in [-0.25, -0.2) is 4.39 Å². The van der Waals surface area contributed by atoms with Crippen molar-refractivity contribution in [3.63, 3.8) is 0 Å². The van der Waals surface area contributed by atoms with Gasteiger partial charge in [0.05, 0.1) is 5.71 Å². The molecule has 0 aliphatic rings. The highest BCUT2D eigenvalue weighted by atomic mass is 32.1. The van der Waals surface area contributed by atoms with E-state index >= 15 is 0 Å². The Balaban J connectivity index is 1.43. The summed E-state index contributed by atoms with van der Waals surface area (Å²) in [6.45, 7) is 0.439. The summed E-state index contributed by atoms with van der Waals surface area (Å²) in [4.78, 5) is 6.73. The Hall–Kier alpha value is -3.44. The van der Waals surface area contributed by atoms with Gasteiger partial charge < -0.3 is 9.57 Å². The molecule has 5 heteroatoms. The van der Waals surface area contributed by atoms with Crippen LogP contribution >= 0.6 is 11.3 Å². The SMILES string of the molecule is Fc1ccccc1OCCO/N=C(\Cc1cccs1)c1ccc(-c2ccccc2)cc1. The highest BCUT2D eigenvalue weighted by Gasteiger charge is 2.09. The standard InChI is InChI=1S/C26H22FNO2S/c27-24-10-4-5-11-26(24)29-16-17-30-28-25(19-23-9-6-18-31-23)22-14-12-21(13-15-22)20-7-2-1-3-8-20/h1-15,18H,16-17,19H2/b28-25+. The van der Waals surface area contributed by atoms with Gasteiger partial charge in [0, 0.05) is 11.3 Å². The van der Waals surface area contributed by atoms with E-state index in [0.29, 0.717) is 6.42 Å². The van der Waals surface area contributed by atoms with Gasteiger partial charge in [-0.1, -0.05) is 78.0 Å². The quantitative estimate of drug-likeness (QED) is 0.170. The number of oxime groups is 1. The molecule has 3 aromatic carbocycles.